The molecule has 138 valence electrons. The van der Waals surface area contributed by atoms with E-state index in [4.69, 9.17) is 9.15 Å². The second-order valence-corrected chi connectivity index (χ2v) is 6.01. The van der Waals surface area contributed by atoms with Crippen LogP contribution in [0.2, 0.25) is 0 Å². The zero-order valence-electron chi connectivity index (χ0n) is 15.1. The van der Waals surface area contributed by atoms with E-state index in [2.05, 4.69) is 15.5 Å². The van der Waals surface area contributed by atoms with Crippen LogP contribution in [-0.4, -0.2) is 23.2 Å². The molecule has 0 radical (unpaired) electrons. The molecule has 28 heavy (non-hydrogen) atoms. The standard InChI is InChI=1S/C22H17N3O3/c1-27-19-13-6-5-12-18(19)20(26)23-17-11-7-10-16(14-17)22-25-24-21(28-22)15-8-3-2-4-9-15/h2-14H,1H3,(H,23,26). The van der Waals surface area contributed by atoms with Gasteiger partial charge in [0.05, 0.1) is 12.7 Å². The Hall–Kier alpha value is -3.93. The first kappa shape index (κ1) is 17.5. The fraction of sp³-hybridized carbons (Fsp3) is 0.0455. The summed E-state index contributed by atoms with van der Waals surface area (Å²) in [6.07, 6.45) is 0. The molecule has 0 bridgehead atoms. The minimum absolute atomic E-state index is 0.259. The number of para-hydroxylation sites is 1. The summed E-state index contributed by atoms with van der Waals surface area (Å²) in [6, 6.07) is 23.9. The number of hydrogen-bond acceptors (Lipinski definition) is 5. The van der Waals surface area contributed by atoms with Crippen molar-refractivity contribution in [3.8, 4) is 28.7 Å². The second-order valence-electron chi connectivity index (χ2n) is 6.01. The number of carbonyl (C=O) groups is 1. The van der Waals surface area contributed by atoms with E-state index in [9.17, 15) is 4.79 Å². The summed E-state index contributed by atoms with van der Waals surface area (Å²) < 4.78 is 11.0. The minimum Gasteiger partial charge on any atom is -0.496 e. The molecule has 6 nitrogen and oxygen atoms in total. The lowest BCUT2D eigenvalue weighted by atomic mass is 10.1. The van der Waals surface area contributed by atoms with Crippen molar-refractivity contribution in [2.24, 2.45) is 0 Å². The molecule has 0 saturated heterocycles. The van der Waals surface area contributed by atoms with Crippen LogP contribution in [0.15, 0.2) is 83.3 Å². The van der Waals surface area contributed by atoms with Crippen molar-refractivity contribution >= 4 is 11.6 Å². The highest BCUT2D eigenvalue weighted by molar-refractivity contribution is 6.06. The number of methoxy groups -OCH3 is 1. The predicted molar refractivity (Wildman–Crippen MR) is 106 cm³/mol. The van der Waals surface area contributed by atoms with E-state index < -0.39 is 0 Å². The molecule has 1 amide bonds. The minimum atomic E-state index is -0.259. The van der Waals surface area contributed by atoms with Gasteiger partial charge in [0, 0.05) is 16.8 Å². The average Bonchev–Trinajstić information content (AvgIpc) is 3.25. The number of rotatable bonds is 5. The van der Waals surface area contributed by atoms with Crippen molar-refractivity contribution in [2.45, 2.75) is 0 Å². The predicted octanol–water partition coefficient (Wildman–Crippen LogP) is 4.66. The maximum atomic E-state index is 12.6. The van der Waals surface area contributed by atoms with Gasteiger partial charge < -0.3 is 14.5 Å². The van der Waals surface area contributed by atoms with Crippen molar-refractivity contribution in [1.82, 2.24) is 10.2 Å². The Labute approximate surface area is 161 Å². The van der Waals surface area contributed by atoms with Crippen LogP contribution in [-0.2, 0) is 0 Å². The van der Waals surface area contributed by atoms with Gasteiger partial charge in [-0.2, -0.15) is 0 Å². The number of amides is 1. The first-order valence-electron chi connectivity index (χ1n) is 8.68. The molecular formula is C22H17N3O3. The summed E-state index contributed by atoms with van der Waals surface area (Å²) >= 11 is 0. The molecule has 1 aromatic heterocycles. The molecule has 4 rings (SSSR count). The summed E-state index contributed by atoms with van der Waals surface area (Å²) in [5.41, 5.74) is 2.64. The zero-order valence-corrected chi connectivity index (χ0v) is 15.1. The molecule has 0 saturated carbocycles. The molecule has 0 spiro atoms. The van der Waals surface area contributed by atoms with Gasteiger partial charge in [0.2, 0.25) is 11.8 Å². The van der Waals surface area contributed by atoms with Crippen LogP contribution in [0.3, 0.4) is 0 Å². The average molecular weight is 371 g/mol. The molecule has 0 fully saturated rings. The van der Waals surface area contributed by atoms with Crippen LogP contribution in [0.4, 0.5) is 5.69 Å². The summed E-state index contributed by atoms with van der Waals surface area (Å²) in [6.45, 7) is 0. The molecule has 1 N–H and O–H groups in total. The number of carbonyl (C=O) groups excluding carboxylic acids is 1. The maximum Gasteiger partial charge on any atom is 0.259 e. The Balaban J connectivity index is 1.57. The Morgan fingerprint density at radius 1 is 0.857 bits per heavy atom. The van der Waals surface area contributed by atoms with Gasteiger partial charge in [0.15, 0.2) is 0 Å². The Morgan fingerprint density at radius 2 is 1.54 bits per heavy atom. The first-order valence-corrected chi connectivity index (χ1v) is 8.68. The first-order chi connectivity index (χ1) is 13.7. The molecule has 0 unspecified atom stereocenters. The van der Waals surface area contributed by atoms with Crippen molar-refractivity contribution < 1.29 is 13.9 Å². The topological polar surface area (TPSA) is 77.2 Å². The van der Waals surface area contributed by atoms with E-state index >= 15 is 0 Å². The lowest BCUT2D eigenvalue weighted by Gasteiger charge is -2.09. The van der Waals surface area contributed by atoms with Gasteiger partial charge in [0.1, 0.15) is 5.75 Å². The monoisotopic (exact) mass is 371 g/mol. The molecule has 0 aliphatic rings. The fourth-order valence-corrected chi connectivity index (χ4v) is 2.80. The van der Waals surface area contributed by atoms with Crippen molar-refractivity contribution in [3.05, 3.63) is 84.4 Å². The number of benzene rings is 3. The highest BCUT2D eigenvalue weighted by Gasteiger charge is 2.14. The lowest BCUT2D eigenvalue weighted by Crippen LogP contribution is -2.13. The summed E-state index contributed by atoms with van der Waals surface area (Å²) in [7, 11) is 1.53. The number of aromatic nitrogens is 2. The van der Waals surface area contributed by atoms with Gasteiger partial charge in [0.25, 0.3) is 5.91 Å². The highest BCUT2D eigenvalue weighted by atomic mass is 16.5. The quantitative estimate of drug-likeness (QED) is 0.552. The lowest BCUT2D eigenvalue weighted by molar-refractivity contribution is 0.102. The van der Waals surface area contributed by atoms with Gasteiger partial charge >= 0.3 is 0 Å². The van der Waals surface area contributed by atoms with Crippen LogP contribution >= 0.6 is 0 Å². The number of hydrogen-bond donors (Lipinski definition) is 1. The van der Waals surface area contributed by atoms with Gasteiger partial charge in [-0.25, -0.2) is 0 Å². The molecule has 0 aliphatic carbocycles. The largest absolute Gasteiger partial charge is 0.496 e. The van der Waals surface area contributed by atoms with E-state index in [0.29, 0.717) is 34.3 Å². The van der Waals surface area contributed by atoms with E-state index in [1.165, 1.54) is 7.11 Å². The normalized spacial score (nSPS) is 10.5. The number of ether oxygens (including phenoxy) is 1. The molecule has 3 aromatic carbocycles. The molecule has 1 heterocycles. The zero-order chi connectivity index (χ0) is 19.3. The van der Waals surface area contributed by atoms with Gasteiger partial charge in [-0.05, 0) is 42.5 Å². The summed E-state index contributed by atoms with van der Waals surface area (Å²) in [5, 5.41) is 11.1. The SMILES string of the molecule is COc1ccccc1C(=O)Nc1cccc(-c2nnc(-c3ccccc3)o2)c1. The van der Waals surface area contributed by atoms with Crippen molar-refractivity contribution in [3.63, 3.8) is 0 Å². The summed E-state index contributed by atoms with van der Waals surface area (Å²) in [4.78, 5) is 12.6. The van der Waals surface area contributed by atoms with Gasteiger partial charge in [-0.1, -0.05) is 36.4 Å². The third-order valence-electron chi connectivity index (χ3n) is 4.16. The maximum absolute atomic E-state index is 12.6. The highest BCUT2D eigenvalue weighted by Crippen LogP contribution is 2.26. The number of nitrogens with one attached hydrogen (secondary N) is 1. The van der Waals surface area contributed by atoms with Crippen molar-refractivity contribution in [2.75, 3.05) is 12.4 Å². The molecule has 6 heteroatoms. The fourth-order valence-electron chi connectivity index (χ4n) is 2.80. The van der Waals surface area contributed by atoms with Gasteiger partial charge in [-0.3, -0.25) is 4.79 Å². The van der Waals surface area contributed by atoms with E-state index in [-0.39, 0.29) is 5.91 Å². The molecule has 0 atom stereocenters. The van der Waals surface area contributed by atoms with E-state index in [0.717, 1.165) is 5.56 Å². The van der Waals surface area contributed by atoms with Crippen LogP contribution < -0.4 is 10.1 Å². The Morgan fingerprint density at radius 3 is 2.32 bits per heavy atom. The molecule has 0 aliphatic heterocycles. The number of nitrogens with zero attached hydrogens (tertiary/aromatic N) is 2. The van der Waals surface area contributed by atoms with Gasteiger partial charge in [-0.15, -0.1) is 10.2 Å². The third-order valence-corrected chi connectivity index (χ3v) is 4.16. The van der Waals surface area contributed by atoms with Crippen LogP contribution in [0.5, 0.6) is 5.75 Å². The Bertz CT molecular complexity index is 1110. The third kappa shape index (κ3) is 3.61. The number of anilines is 1. The van der Waals surface area contributed by atoms with Crippen LogP contribution in [0.25, 0.3) is 22.9 Å². The van der Waals surface area contributed by atoms with E-state index in [1.807, 2.05) is 48.5 Å². The smallest absolute Gasteiger partial charge is 0.259 e. The molecular weight excluding hydrogens is 354 g/mol. The van der Waals surface area contributed by atoms with E-state index in [1.54, 1.807) is 30.3 Å². The summed E-state index contributed by atoms with van der Waals surface area (Å²) in [5.74, 6) is 1.08. The van der Waals surface area contributed by atoms with Crippen LogP contribution in [0, 0.1) is 0 Å². The van der Waals surface area contributed by atoms with Crippen LogP contribution in [0.1, 0.15) is 10.4 Å². The second kappa shape index (κ2) is 7.75. The molecule has 4 aromatic rings. The van der Waals surface area contributed by atoms with Crippen molar-refractivity contribution in [1.29, 1.82) is 0 Å². The Kier molecular flexibility index (Phi) is 4.84.